The number of carbonyl (C=O) groups excluding carboxylic acids is 3. The third kappa shape index (κ3) is 8.35. The number of hydrogen-bond donors (Lipinski definition) is 2. The van der Waals surface area contributed by atoms with Gasteiger partial charge in [-0.25, -0.2) is 4.79 Å². The Morgan fingerprint density at radius 1 is 1.18 bits per heavy atom. The Bertz CT molecular complexity index is 709. The number of benzene rings is 1. The summed E-state index contributed by atoms with van der Waals surface area (Å²) >= 11 is 0. The first kappa shape index (κ1) is 24.0. The summed E-state index contributed by atoms with van der Waals surface area (Å²) in [4.78, 5) is 46.4. The normalized spacial score (nSPS) is 12.7. The molecule has 0 saturated heterocycles. The number of esters is 1. The van der Waals surface area contributed by atoms with Crippen molar-refractivity contribution in [2.24, 2.45) is 0 Å². The third-order valence-electron chi connectivity index (χ3n) is 3.70. The van der Waals surface area contributed by atoms with E-state index in [-0.39, 0.29) is 10.9 Å². The van der Waals surface area contributed by atoms with Crippen LogP contribution in [-0.2, 0) is 19.1 Å². The predicted octanol–water partition coefficient (Wildman–Crippen LogP) is 3.59. The lowest BCUT2D eigenvalue weighted by Gasteiger charge is -2.20. The maximum absolute atomic E-state index is 12.7. The number of nitrogens with one attached hydrogen (secondary N) is 1. The van der Waals surface area contributed by atoms with E-state index < -0.39 is 30.0 Å². The van der Waals surface area contributed by atoms with Crippen molar-refractivity contribution in [3.8, 4) is 0 Å². The molecule has 0 fully saturated rings. The van der Waals surface area contributed by atoms with Gasteiger partial charge in [-0.05, 0) is 23.6 Å². The SMILES string of the molecule is CCCCC(OC(C)=O)c1ccccc1C(=O)SSC[C@H](NC(C)=O)C(=O)O. The number of amides is 1. The van der Waals surface area contributed by atoms with Gasteiger partial charge in [-0.15, -0.1) is 0 Å². The van der Waals surface area contributed by atoms with Crippen LogP contribution in [0.25, 0.3) is 0 Å². The molecule has 0 saturated carbocycles. The fourth-order valence-electron chi connectivity index (χ4n) is 2.45. The molecule has 0 bridgehead atoms. The molecule has 28 heavy (non-hydrogen) atoms. The number of ether oxygens (including phenoxy) is 1. The molecule has 2 atom stereocenters. The fourth-order valence-corrected chi connectivity index (χ4v) is 4.47. The Balaban J connectivity index is 2.86. The molecule has 0 aliphatic rings. The molecule has 154 valence electrons. The topological polar surface area (TPSA) is 110 Å². The molecule has 1 aromatic carbocycles. The summed E-state index contributed by atoms with van der Waals surface area (Å²) in [5, 5.41) is 11.2. The molecule has 0 radical (unpaired) electrons. The highest BCUT2D eigenvalue weighted by molar-refractivity contribution is 8.82. The number of aliphatic carboxylic acids is 1. The van der Waals surface area contributed by atoms with Crippen LogP contribution < -0.4 is 5.32 Å². The first-order valence-electron chi connectivity index (χ1n) is 8.86. The van der Waals surface area contributed by atoms with Gasteiger partial charge in [0.15, 0.2) is 0 Å². The monoisotopic (exact) mass is 427 g/mol. The summed E-state index contributed by atoms with van der Waals surface area (Å²) in [6.45, 7) is 4.60. The molecular formula is C19H25NO6S2. The van der Waals surface area contributed by atoms with E-state index in [0.717, 1.165) is 34.4 Å². The summed E-state index contributed by atoms with van der Waals surface area (Å²) in [6.07, 6.45) is 1.88. The minimum Gasteiger partial charge on any atom is -0.480 e. The quantitative estimate of drug-likeness (QED) is 0.407. The second kappa shape index (κ2) is 12.5. The summed E-state index contributed by atoms with van der Waals surface area (Å²) in [6, 6.07) is 5.86. The predicted molar refractivity (Wildman–Crippen MR) is 110 cm³/mol. The van der Waals surface area contributed by atoms with Crippen LogP contribution in [0, 0.1) is 0 Å². The lowest BCUT2D eigenvalue weighted by atomic mass is 9.99. The Morgan fingerprint density at radius 3 is 2.43 bits per heavy atom. The van der Waals surface area contributed by atoms with Crippen LogP contribution >= 0.6 is 21.6 Å². The zero-order valence-corrected chi connectivity index (χ0v) is 17.7. The third-order valence-corrected chi connectivity index (χ3v) is 5.88. The van der Waals surface area contributed by atoms with Gasteiger partial charge in [-0.1, -0.05) is 48.4 Å². The Morgan fingerprint density at radius 2 is 1.86 bits per heavy atom. The fraction of sp³-hybridized carbons (Fsp3) is 0.474. The summed E-state index contributed by atoms with van der Waals surface area (Å²) in [7, 11) is 1.95. The van der Waals surface area contributed by atoms with Crippen LogP contribution in [0.3, 0.4) is 0 Å². The van der Waals surface area contributed by atoms with E-state index >= 15 is 0 Å². The van der Waals surface area contributed by atoms with Gasteiger partial charge in [0.25, 0.3) is 0 Å². The van der Waals surface area contributed by atoms with Crippen LogP contribution in [0.1, 0.15) is 62.1 Å². The van der Waals surface area contributed by atoms with Gasteiger partial charge in [-0.2, -0.15) is 0 Å². The Kier molecular flexibility index (Phi) is 10.7. The average Bonchev–Trinajstić information content (AvgIpc) is 2.63. The van der Waals surface area contributed by atoms with Crippen LogP contribution in [0.15, 0.2) is 24.3 Å². The Labute approximate surface area is 172 Å². The van der Waals surface area contributed by atoms with Crippen molar-refractivity contribution in [3.05, 3.63) is 35.4 Å². The zero-order valence-electron chi connectivity index (χ0n) is 16.1. The molecule has 1 unspecified atom stereocenters. The maximum Gasteiger partial charge on any atom is 0.327 e. The molecular weight excluding hydrogens is 402 g/mol. The van der Waals surface area contributed by atoms with E-state index in [9.17, 15) is 19.2 Å². The molecule has 1 aromatic rings. The highest BCUT2D eigenvalue weighted by Gasteiger charge is 2.23. The number of hydrogen-bond acceptors (Lipinski definition) is 7. The molecule has 0 aliphatic carbocycles. The van der Waals surface area contributed by atoms with Crippen molar-refractivity contribution >= 4 is 44.5 Å². The lowest BCUT2D eigenvalue weighted by molar-refractivity contribution is -0.147. The van der Waals surface area contributed by atoms with Crippen LogP contribution in [0.5, 0.6) is 0 Å². The van der Waals surface area contributed by atoms with Crippen molar-refractivity contribution in [1.82, 2.24) is 5.32 Å². The second-order valence-corrected chi connectivity index (χ2v) is 8.39. The van der Waals surface area contributed by atoms with Gasteiger partial charge in [0.05, 0.1) is 0 Å². The highest BCUT2D eigenvalue weighted by atomic mass is 33.1. The van der Waals surface area contributed by atoms with E-state index in [0.29, 0.717) is 17.5 Å². The number of unbranched alkanes of at least 4 members (excludes halogenated alkanes) is 1. The van der Waals surface area contributed by atoms with Crippen LogP contribution in [0.2, 0.25) is 0 Å². The van der Waals surface area contributed by atoms with Gasteiger partial charge in [0, 0.05) is 30.7 Å². The molecule has 7 nitrogen and oxygen atoms in total. The van der Waals surface area contributed by atoms with E-state index in [2.05, 4.69) is 5.32 Å². The van der Waals surface area contributed by atoms with Gasteiger partial charge in [0.2, 0.25) is 11.0 Å². The minimum absolute atomic E-state index is 0.0384. The molecule has 2 N–H and O–H groups in total. The molecule has 0 spiro atoms. The van der Waals surface area contributed by atoms with Crippen LogP contribution in [-0.4, -0.2) is 39.9 Å². The number of carboxylic acid groups (broad SMARTS) is 1. The first-order valence-corrected chi connectivity index (χ1v) is 11.2. The number of carbonyl (C=O) groups is 4. The number of carboxylic acids is 1. The molecule has 9 heteroatoms. The number of rotatable bonds is 11. The van der Waals surface area contributed by atoms with Crippen molar-refractivity contribution in [1.29, 1.82) is 0 Å². The van der Waals surface area contributed by atoms with Gasteiger partial charge < -0.3 is 15.2 Å². The van der Waals surface area contributed by atoms with Gasteiger partial charge in [-0.3, -0.25) is 14.4 Å². The molecule has 0 aromatic heterocycles. The molecule has 1 amide bonds. The standard InChI is InChI=1S/C19H25NO6S2/c1-4-5-10-17(26-13(3)22)14-8-6-7-9-15(14)19(25)28-27-11-16(18(23)24)20-12(2)21/h6-9,16-17H,4-5,10-11H2,1-3H3,(H,20,21)(H,23,24)/t16-,17?/m0/s1. The smallest absolute Gasteiger partial charge is 0.327 e. The van der Waals surface area contributed by atoms with Gasteiger partial charge in [0.1, 0.15) is 12.1 Å². The summed E-state index contributed by atoms with van der Waals surface area (Å²) in [5.74, 6) is -1.98. The van der Waals surface area contributed by atoms with Gasteiger partial charge >= 0.3 is 11.9 Å². The Hall–Kier alpha value is -2.00. The lowest BCUT2D eigenvalue weighted by Crippen LogP contribution is -2.41. The summed E-state index contributed by atoms with van der Waals surface area (Å²) in [5.41, 5.74) is 1.06. The van der Waals surface area contributed by atoms with E-state index in [4.69, 9.17) is 9.84 Å². The maximum atomic E-state index is 12.7. The van der Waals surface area contributed by atoms with E-state index in [1.807, 2.05) is 6.92 Å². The average molecular weight is 428 g/mol. The summed E-state index contributed by atoms with van der Waals surface area (Å²) < 4.78 is 5.41. The van der Waals surface area contributed by atoms with E-state index in [1.54, 1.807) is 24.3 Å². The molecule has 0 heterocycles. The van der Waals surface area contributed by atoms with E-state index in [1.165, 1.54) is 13.8 Å². The first-order chi connectivity index (χ1) is 13.3. The second-order valence-electron chi connectivity index (χ2n) is 6.07. The largest absolute Gasteiger partial charge is 0.480 e. The minimum atomic E-state index is -1.16. The van der Waals surface area contributed by atoms with Crippen molar-refractivity contribution in [3.63, 3.8) is 0 Å². The van der Waals surface area contributed by atoms with Crippen LogP contribution in [0.4, 0.5) is 0 Å². The molecule has 0 aliphatic heterocycles. The van der Waals surface area contributed by atoms with Crippen molar-refractivity contribution < 1.29 is 29.0 Å². The van der Waals surface area contributed by atoms with Crippen molar-refractivity contribution in [2.45, 2.75) is 52.2 Å². The zero-order chi connectivity index (χ0) is 21.1. The van der Waals surface area contributed by atoms with Crippen molar-refractivity contribution in [2.75, 3.05) is 5.75 Å². The molecule has 1 rings (SSSR count). The highest BCUT2D eigenvalue weighted by Crippen LogP contribution is 2.33.